The van der Waals surface area contributed by atoms with Crippen LogP contribution in [-0.2, 0) is 0 Å². The molecule has 0 bridgehead atoms. The minimum Gasteiger partial charge on any atom is -0.308 e. The van der Waals surface area contributed by atoms with E-state index in [1.807, 2.05) is 11.8 Å². The predicted molar refractivity (Wildman–Crippen MR) is 32.1 cm³/mol. The van der Waals surface area contributed by atoms with Crippen molar-refractivity contribution in [3.8, 4) is 0 Å². The van der Waals surface area contributed by atoms with E-state index in [9.17, 15) is 0 Å². The molecule has 0 saturated carbocycles. The first kappa shape index (κ1) is 6.31. The summed E-state index contributed by atoms with van der Waals surface area (Å²) in [4.78, 5) is 0. The molecule has 0 atom stereocenters. The molecule has 0 unspecified atom stereocenters. The minimum atomic E-state index is 1.08. The Kier molecular flexibility index (Phi) is 5.58. The summed E-state index contributed by atoms with van der Waals surface area (Å²) in [5.74, 6) is 1.08. The Labute approximate surface area is 43.5 Å². The molecule has 0 aliphatic carbocycles. The smallest absolute Gasteiger partial charge is 0.0414 e. The van der Waals surface area contributed by atoms with E-state index in [1.165, 1.54) is 0 Å². The van der Waals surface area contributed by atoms with Crippen LogP contribution in [0.25, 0.3) is 0 Å². The van der Waals surface area contributed by atoms with Gasteiger partial charge in [-0.05, 0) is 12.8 Å². The first-order valence-corrected chi connectivity index (χ1v) is 3.50. The average Bonchev–Trinajstić information content (AvgIpc) is 1.61. The van der Waals surface area contributed by atoms with Crippen molar-refractivity contribution in [1.29, 1.82) is 0 Å². The third kappa shape index (κ3) is 4.31. The molecular formula is C4H11NS. The third-order valence-electron chi connectivity index (χ3n) is 0.496. The molecule has 0 spiro atoms. The van der Waals surface area contributed by atoms with E-state index >= 15 is 0 Å². The summed E-state index contributed by atoms with van der Waals surface area (Å²) in [6, 6.07) is 0. The molecule has 1 nitrogen and oxygen atoms in total. The van der Waals surface area contributed by atoms with Gasteiger partial charge in [0.15, 0.2) is 0 Å². The van der Waals surface area contributed by atoms with Gasteiger partial charge < -0.3 is 5.32 Å². The van der Waals surface area contributed by atoms with Gasteiger partial charge in [-0.25, -0.2) is 0 Å². The van der Waals surface area contributed by atoms with Gasteiger partial charge in [0, 0.05) is 5.88 Å². The van der Waals surface area contributed by atoms with Crippen molar-refractivity contribution < 1.29 is 0 Å². The standard InChI is InChI=1S/C4H11NS/c1-3-5-4-6-2/h5H,3-4H2,1-2H3. The van der Waals surface area contributed by atoms with Crippen LogP contribution in [0.15, 0.2) is 0 Å². The topological polar surface area (TPSA) is 12.0 Å². The molecule has 2 heteroatoms. The lowest BCUT2D eigenvalue weighted by Crippen LogP contribution is -2.09. The van der Waals surface area contributed by atoms with E-state index < -0.39 is 0 Å². The molecule has 0 aliphatic heterocycles. The maximum absolute atomic E-state index is 3.16. The fraction of sp³-hybridized carbons (Fsp3) is 1.00. The van der Waals surface area contributed by atoms with Crippen molar-refractivity contribution >= 4 is 11.8 Å². The van der Waals surface area contributed by atoms with Crippen LogP contribution in [0.5, 0.6) is 0 Å². The molecule has 0 fully saturated rings. The number of nitrogens with one attached hydrogen (secondary N) is 1. The van der Waals surface area contributed by atoms with E-state index in [2.05, 4.69) is 18.5 Å². The van der Waals surface area contributed by atoms with Gasteiger partial charge in [-0.2, -0.15) is 0 Å². The summed E-state index contributed by atoms with van der Waals surface area (Å²) in [5, 5.41) is 3.16. The van der Waals surface area contributed by atoms with Gasteiger partial charge in [0.05, 0.1) is 0 Å². The van der Waals surface area contributed by atoms with Crippen LogP contribution in [0.1, 0.15) is 6.92 Å². The van der Waals surface area contributed by atoms with Crippen molar-refractivity contribution in [1.82, 2.24) is 5.32 Å². The lowest BCUT2D eigenvalue weighted by molar-refractivity contribution is 0.841. The van der Waals surface area contributed by atoms with E-state index in [-0.39, 0.29) is 0 Å². The van der Waals surface area contributed by atoms with Crippen LogP contribution in [0.4, 0.5) is 0 Å². The van der Waals surface area contributed by atoms with Crippen LogP contribution in [0.3, 0.4) is 0 Å². The van der Waals surface area contributed by atoms with Crippen LogP contribution in [0.2, 0.25) is 0 Å². The molecule has 0 aliphatic rings. The molecule has 0 rings (SSSR count). The zero-order valence-corrected chi connectivity index (χ0v) is 5.14. The second-order valence-corrected chi connectivity index (χ2v) is 1.90. The van der Waals surface area contributed by atoms with E-state index in [1.54, 1.807) is 0 Å². The van der Waals surface area contributed by atoms with Gasteiger partial charge in [0.25, 0.3) is 0 Å². The van der Waals surface area contributed by atoms with Crippen molar-refractivity contribution in [2.45, 2.75) is 6.92 Å². The van der Waals surface area contributed by atoms with Crippen molar-refractivity contribution in [2.75, 3.05) is 18.7 Å². The Hall–Kier alpha value is 0.310. The van der Waals surface area contributed by atoms with E-state index in [0.29, 0.717) is 0 Å². The molecule has 0 aromatic carbocycles. The zero-order chi connectivity index (χ0) is 4.83. The molecule has 38 valence electrons. The van der Waals surface area contributed by atoms with Crippen molar-refractivity contribution in [2.24, 2.45) is 0 Å². The number of hydrogen-bond donors (Lipinski definition) is 1. The first-order chi connectivity index (χ1) is 2.91. The van der Waals surface area contributed by atoms with Gasteiger partial charge in [-0.1, -0.05) is 6.92 Å². The summed E-state index contributed by atoms with van der Waals surface area (Å²) in [7, 11) is 0. The minimum absolute atomic E-state index is 1.08. The molecule has 0 saturated heterocycles. The molecule has 0 heterocycles. The molecule has 0 aromatic heterocycles. The number of rotatable bonds is 3. The lowest BCUT2D eigenvalue weighted by atomic mass is 10.8. The molecule has 1 N–H and O–H groups in total. The maximum Gasteiger partial charge on any atom is 0.0414 e. The van der Waals surface area contributed by atoms with Crippen molar-refractivity contribution in [3.63, 3.8) is 0 Å². The van der Waals surface area contributed by atoms with E-state index in [0.717, 1.165) is 12.4 Å². The highest BCUT2D eigenvalue weighted by Gasteiger charge is 1.71. The largest absolute Gasteiger partial charge is 0.308 e. The van der Waals surface area contributed by atoms with Crippen LogP contribution in [0, 0.1) is 0 Å². The predicted octanol–water partition coefficient (Wildman–Crippen LogP) is 0.916. The second-order valence-electron chi connectivity index (χ2n) is 1.04. The quantitative estimate of drug-likeness (QED) is 0.423. The Bertz CT molecular complexity index is 19.5. The Balaban J connectivity index is 2.34. The van der Waals surface area contributed by atoms with Gasteiger partial charge in [-0.3, -0.25) is 0 Å². The zero-order valence-electron chi connectivity index (χ0n) is 4.32. The monoisotopic (exact) mass is 105 g/mol. The molecule has 0 aromatic rings. The summed E-state index contributed by atoms with van der Waals surface area (Å²) >= 11 is 1.82. The van der Waals surface area contributed by atoms with Gasteiger partial charge in [-0.15, -0.1) is 11.8 Å². The number of thioether (sulfide) groups is 1. The highest BCUT2D eigenvalue weighted by molar-refractivity contribution is 7.98. The fourth-order valence-corrected chi connectivity index (χ4v) is 0.612. The van der Waals surface area contributed by atoms with Crippen LogP contribution >= 0.6 is 11.8 Å². The van der Waals surface area contributed by atoms with E-state index in [4.69, 9.17) is 0 Å². The third-order valence-corrected chi connectivity index (χ3v) is 0.989. The maximum atomic E-state index is 3.16. The molecule has 0 amide bonds. The average molecular weight is 105 g/mol. The van der Waals surface area contributed by atoms with Crippen LogP contribution in [-0.4, -0.2) is 18.7 Å². The Morgan fingerprint density at radius 3 is 2.50 bits per heavy atom. The van der Waals surface area contributed by atoms with Crippen molar-refractivity contribution in [3.05, 3.63) is 0 Å². The number of hydrogen-bond acceptors (Lipinski definition) is 2. The highest BCUT2D eigenvalue weighted by Crippen LogP contribution is 1.82. The van der Waals surface area contributed by atoms with Crippen LogP contribution < -0.4 is 5.32 Å². The molecule has 6 heavy (non-hydrogen) atoms. The SMILES string of the molecule is CCNCSC. The first-order valence-electron chi connectivity index (χ1n) is 2.11. The summed E-state index contributed by atoms with van der Waals surface area (Å²) < 4.78 is 0. The molecule has 0 radical (unpaired) electrons. The Morgan fingerprint density at radius 2 is 2.33 bits per heavy atom. The normalized spacial score (nSPS) is 9.00. The summed E-state index contributed by atoms with van der Waals surface area (Å²) in [6.07, 6.45) is 2.09. The lowest BCUT2D eigenvalue weighted by Gasteiger charge is -1.91. The fourth-order valence-electron chi connectivity index (χ4n) is 0.204. The van der Waals surface area contributed by atoms with Gasteiger partial charge in [0.2, 0.25) is 0 Å². The second kappa shape index (κ2) is 5.31. The molecular weight excluding hydrogens is 94.1 g/mol. The summed E-state index contributed by atoms with van der Waals surface area (Å²) in [5.41, 5.74) is 0. The Morgan fingerprint density at radius 1 is 1.67 bits per heavy atom. The summed E-state index contributed by atoms with van der Waals surface area (Å²) in [6.45, 7) is 3.19. The highest BCUT2D eigenvalue weighted by atomic mass is 32.2. The van der Waals surface area contributed by atoms with Gasteiger partial charge >= 0.3 is 0 Å². The van der Waals surface area contributed by atoms with Gasteiger partial charge in [0.1, 0.15) is 0 Å².